The first-order valence-corrected chi connectivity index (χ1v) is 7.66. The first-order chi connectivity index (χ1) is 10.1. The standard InChI is InChI=1S/C16H20F2N2O/c17-13-6-7-15(14(18)10-13)20-9-8-19(16(20)21)11-12-4-2-1-3-5-12/h6-7,10,12H,1-5,8-9,11H2. The van der Waals surface area contributed by atoms with Gasteiger partial charge in [0.15, 0.2) is 0 Å². The minimum Gasteiger partial charge on any atom is -0.322 e. The molecular weight excluding hydrogens is 274 g/mol. The first kappa shape index (κ1) is 14.3. The van der Waals surface area contributed by atoms with E-state index in [1.165, 1.54) is 49.1 Å². The lowest BCUT2D eigenvalue weighted by Crippen LogP contribution is -2.35. The van der Waals surface area contributed by atoms with Gasteiger partial charge in [0.25, 0.3) is 0 Å². The van der Waals surface area contributed by atoms with Gasteiger partial charge in [-0.05, 0) is 30.9 Å². The second-order valence-electron chi connectivity index (χ2n) is 5.98. The summed E-state index contributed by atoms with van der Waals surface area (Å²) in [5.41, 5.74) is 0.174. The molecule has 3 rings (SSSR count). The molecule has 1 aliphatic heterocycles. The molecule has 0 aromatic heterocycles. The number of amides is 2. The summed E-state index contributed by atoms with van der Waals surface area (Å²) in [6.45, 7) is 1.85. The van der Waals surface area contributed by atoms with Gasteiger partial charge in [-0.3, -0.25) is 4.90 Å². The first-order valence-electron chi connectivity index (χ1n) is 7.66. The summed E-state index contributed by atoms with van der Waals surface area (Å²) in [5.74, 6) is -0.731. The van der Waals surface area contributed by atoms with E-state index in [0.717, 1.165) is 12.6 Å². The average Bonchev–Trinajstić information content (AvgIpc) is 2.82. The zero-order valence-electron chi connectivity index (χ0n) is 12.0. The van der Waals surface area contributed by atoms with Gasteiger partial charge in [-0.15, -0.1) is 0 Å². The van der Waals surface area contributed by atoms with Gasteiger partial charge in [0.2, 0.25) is 0 Å². The van der Waals surface area contributed by atoms with E-state index in [2.05, 4.69) is 0 Å². The number of nitrogens with zero attached hydrogens (tertiary/aromatic N) is 2. The molecule has 0 atom stereocenters. The van der Waals surface area contributed by atoms with E-state index < -0.39 is 11.6 Å². The molecule has 0 unspecified atom stereocenters. The highest BCUT2D eigenvalue weighted by Crippen LogP contribution is 2.28. The van der Waals surface area contributed by atoms with Gasteiger partial charge in [0.05, 0.1) is 5.69 Å². The summed E-state index contributed by atoms with van der Waals surface area (Å²) in [6.07, 6.45) is 6.12. The van der Waals surface area contributed by atoms with Crippen molar-refractivity contribution in [2.24, 2.45) is 5.92 Å². The summed E-state index contributed by atoms with van der Waals surface area (Å²) in [7, 11) is 0. The molecule has 2 amide bonds. The monoisotopic (exact) mass is 294 g/mol. The molecule has 0 N–H and O–H groups in total. The Morgan fingerprint density at radius 3 is 2.57 bits per heavy atom. The number of hydrogen-bond donors (Lipinski definition) is 0. The average molecular weight is 294 g/mol. The lowest BCUT2D eigenvalue weighted by Gasteiger charge is -2.27. The Morgan fingerprint density at radius 1 is 1.10 bits per heavy atom. The fraction of sp³-hybridized carbons (Fsp3) is 0.562. The summed E-state index contributed by atoms with van der Waals surface area (Å²) >= 11 is 0. The fourth-order valence-corrected chi connectivity index (χ4v) is 3.36. The Hall–Kier alpha value is -1.65. The number of rotatable bonds is 3. The van der Waals surface area contributed by atoms with Gasteiger partial charge in [-0.25, -0.2) is 13.6 Å². The van der Waals surface area contributed by atoms with Crippen LogP contribution in [0.2, 0.25) is 0 Å². The van der Waals surface area contributed by atoms with Crippen LogP contribution < -0.4 is 4.90 Å². The van der Waals surface area contributed by atoms with Crippen LogP contribution in [0, 0.1) is 17.6 Å². The lowest BCUT2D eigenvalue weighted by atomic mass is 9.89. The molecule has 2 aliphatic rings. The molecule has 0 bridgehead atoms. The van der Waals surface area contributed by atoms with Crippen molar-refractivity contribution in [3.63, 3.8) is 0 Å². The molecule has 21 heavy (non-hydrogen) atoms. The van der Waals surface area contributed by atoms with Crippen LogP contribution in [0.3, 0.4) is 0 Å². The molecular formula is C16H20F2N2O. The summed E-state index contributed by atoms with van der Waals surface area (Å²) < 4.78 is 26.8. The Kier molecular flexibility index (Phi) is 4.08. The highest BCUT2D eigenvalue weighted by molar-refractivity contribution is 5.94. The maximum absolute atomic E-state index is 13.8. The van der Waals surface area contributed by atoms with E-state index >= 15 is 0 Å². The van der Waals surface area contributed by atoms with Crippen LogP contribution in [0.15, 0.2) is 18.2 Å². The molecule has 5 heteroatoms. The molecule has 1 aromatic carbocycles. The highest BCUT2D eigenvalue weighted by Gasteiger charge is 2.32. The summed E-state index contributed by atoms with van der Waals surface area (Å²) in [6, 6.07) is 3.19. The number of benzene rings is 1. The molecule has 1 saturated heterocycles. The molecule has 1 aliphatic carbocycles. The van der Waals surface area contributed by atoms with Gasteiger partial charge >= 0.3 is 6.03 Å². The van der Waals surface area contributed by atoms with Crippen LogP contribution >= 0.6 is 0 Å². The van der Waals surface area contributed by atoms with Crippen molar-refractivity contribution >= 4 is 11.7 Å². The van der Waals surface area contributed by atoms with Gasteiger partial charge in [0, 0.05) is 25.7 Å². The molecule has 2 fully saturated rings. The predicted molar refractivity (Wildman–Crippen MR) is 77.2 cm³/mol. The zero-order valence-corrected chi connectivity index (χ0v) is 12.0. The van der Waals surface area contributed by atoms with Crippen molar-refractivity contribution in [1.82, 2.24) is 4.90 Å². The molecule has 0 spiro atoms. The van der Waals surface area contributed by atoms with Crippen molar-refractivity contribution in [2.75, 3.05) is 24.5 Å². The van der Waals surface area contributed by atoms with E-state index in [4.69, 9.17) is 0 Å². The van der Waals surface area contributed by atoms with Gasteiger partial charge in [-0.2, -0.15) is 0 Å². The minimum atomic E-state index is -0.678. The van der Waals surface area contributed by atoms with Crippen LogP contribution in [0.25, 0.3) is 0 Å². The van der Waals surface area contributed by atoms with Crippen LogP contribution in [0.5, 0.6) is 0 Å². The van der Waals surface area contributed by atoms with Crippen LogP contribution in [0.4, 0.5) is 19.3 Å². The van der Waals surface area contributed by atoms with Gasteiger partial charge < -0.3 is 4.90 Å². The molecule has 1 aromatic rings. The second-order valence-corrected chi connectivity index (χ2v) is 5.98. The highest BCUT2D eigenvalue weighted by atomic mass is 19.1. The second kappa shape index (κ2) is 6.00. The molecule has 1 heterocycles. The number of anilines is 1. The molecule has 0 radical (unpaired) electrons. The topological polar surface area (TPSA) is 23.6 Å². The smallest absolute Gasteiger partial charge is 0.322 e. The van der Waals surface area contributed by atoms with Crippen molar-refractivity contribution in [1.29, 1.82) is 0 Å². The molecule has 1 saturated carbocycles. The van der Waals surface area contributed by atoms with Gasteiger partial charge in [0.1, 0.15) is 11.6 Å². The van der Waals surface area contributed by atoms with Crippen molar-refractivity contribution in [3.05, 3.63) is 29.8 Å². The number of urea groups is 1. The molecule has 3 nitrogen and oxygen atoms in total. The number of hydrogen-bond acceptors (Lipinski definition) is 1. The van der Waals surface area contributed by atoms with E-state index in [1.54, 1.807) is 4.90 Å². The van der Waals surface area contributed by atoms with E-state index in [9.17, 15) is 13.6 Å². The summed E-state index contributed by atoms with van der Waals surface area (Å²) in [5, 5.41) is 0. The van der Waals surface area contributed by atoms with E-state index in [1.807, 2.05) is 0 Å². The van der Waals surface area contributed by atoms with Crippen molar-refractivity contribution in [3.8, 4) is 0 Å². The maximum Gasteiger partial charge on any atom is 0.324 e. The van der Waals surface area contributed by atoms with Gasteiger partial charge in [-0.1, -0.05) is 19.3 Å². The number of carbonyl (C=O) groups is 1. The third kappa shape index (κ3) is 3.01. The lowest BCUT2D eigenvalue weighted by molar-refractivity contribution is 0.202. The van der Waals surface area contributed by atoms with E-state index in [-0.39, 0.29) is 11.7 Å². The Bertz CT molecular complexity index is 529. The van der Waals surface area contributed by atoms with E-state index in [0.29, 0.717) is 19.0 Å². The maximum atomic E-state index is 13.8. The predicted octanol–water partition coefficient (Wildman–Crippen LogP) is 3.79. The SMILES string of the molecule is O=C1N(CC2CCCCC2)CCN1c1ccc(F)cc1F. The van der Waals surface area contributed by atoms with Crippen molar-refractivity contribution in [2.45, 2.75) is 32.1 Å². The Labute approximate surface area is 123 Å². The third-order valence-corrected chi connectivity index (χ3v) is 4.50. The third-order valence-electron chi connectivity index (χ3n) is 4.50. The van der Waals surface area contributed by atoms with Crippen molar-refractivity contribution < 1.29 is 13.6 Å². The van der Waals surface area contributed by atoms with Crippen LogP contribution in [-0.2, 0) is 0 Å². The normalized spacial score (nSPS) is 20.4. The quantitative estimate of drug-likeness (QED) is 0.832. The Balaban J connectivity index is 1.68. The van der Waals surface area contributed by atoms with Crippen LogP contribution in [-0.4, -0.2) is 30.6 Å². The largest absolute Gasteiger partial charge is 0.324 e. The molecule has 114 valence electrons. The zero-order chi connectivity index (χ0) is 14.8. The number of halogens is 2. The minimum absolute atomic E-state index is 0.161. The fourth-order valence-electron chi connectivity index (χ4n) is 3.36. The summed E-state index contributed by atoms with van der Waals surface area (Å²) in [4.78, 5) is 15.6. The Morgan fingerprint density at radius 2 is 1.86 bits per heavy atom. The number of carbonyl (C=O) groups excluding carboxylic acids is 1. The van der Waals surface area contributed by atoms with Crippen LogP contribution in [0.1, 0.15) is 32.1 Å².